The lowest BCUT2D eigenvalue weighted by atomic mass is 9.55. The summed E-state index contributed by atoms with van der Waals surface area (Å²) < 4.78 is 107. The molecule has 30 heavy (non-hydrogen) atoms. The van der Waals surface area contributed by atoms with Crippen molar-refractivity contribution >= 4 is 30.4 Å². The number of hydrogen-bond acceptors (Lipinski definition) is 8. The van der Waals surface area contributed by atoms with Gasteiger partial charge in [-0.2, -0.15) is 17.2 Å². The molecule has 14 heteroatoms. The van der Waals surface area contributed by atoms with Gasteiger partial charge in [-0.25, -0.2) is 16.8 Å². The Kier molecular flexibility index (Phi) is 5.75. The van der Waals surface area contributed by atoms with E-state index in [0.717, 1.165) is 32.1 Å². The zero-order valence-electron chi connectivity index (χ0n) is 16.0. The number of halogens is 2. The summed E-state index contributed by atoms with van der Waals surface area (Å²) in [6.45, 7) is 0. The van der Waals surface area contributed by atoms with E-state index in [2.05, 4.69) is 8.31 Å². The van der Waals surface area contributed by atoms with Crippen LogP contribution in [0.25, 0.3) is 4.13 Å². The Morgan fingerprint density at radius 1 is 0.767 bits per heavy atom. The maximum Gasteiger partial charge on any atom is 0.454 e. The normalized spacial score (nSPS) is 35.2. The Morgan fingerprint density at radius 3 is 1.77 bits per heavy atom. The highest BCUT2D eigenvalue weighted by Crippen LogP contribution is 2.55. The van der Waals surface area contributed by atoms with Crippen molar-refractivity contribution in [2.45, 2.75) is 74.6 Å². The molecule has 0 spiro atoms. The van der Waals surface area contributed by atoms with E-state index in [-0.39, 0.29) is 24.7 Å². The Hall–Kier alpha value is -0.410. The van der Waals surface area contributed by atoms with Crippen molar-refractivity contribution in [3.05, 3.63) is 4.13 Å². The van der Waals surface area contributed by atoms with Gasteiger partial charge in [0.25, 0.3) is 0 Å². The van der Waals surface area contributed by atoms with E-state index < -0.39 is 47.2 Å². The van der Waals surface area contributed by atoms with Crippen LogP contribution in [0.2, 0.25) is 0 Å². The second kappa shape index (κ2) is 7.58. The first kappa shape index (κ1) is 22.8. The van der Waals surface area contributed by atoms with Gasteiger partial charge in [0.05, 0.1) is 12.2 Å². The van der Waals surface area contributed by atoms with Crippen molar-refractivity contribution in [1.82, 2.24) is 0 Å². The lowest BCUT2D eigenvalue weighted by molar-refractivity contribution is -0.0759. The summed E-state index contributed by atoms with van der Waals surface area (Å²) in [5, 5.41) is 0. The monoisotopic (exact) mass is 492 g/mol. The number of rotatable bonds is 8. The van der Waals surface area contributed by atoms with E-state index in [0.29, 0.717) is 24.7 Å². The smallest absolute Gasteiger partial charge is 0.405 e. The standard InChI is InChI=1S/C16H24F2NO8S3/c17-16(18,29(22,23)26-14-3-1-2-4-14)28(20,21)19-30(24,25)27-15-12-6-10-5-11(8-12)9-13(15)7-10/h10-15H,1-9H2/q-1. The van der Waals surface area contributed by atoms with Crippen LogP contribution in [0.5, 0.6) is 0 Å². The van der Waals surface area contributed by atoms with E-state index in [1.165, 1.54) is 0 Å². The number of sulfonamides is 1. The van der Waals surface area contributed by atoms with Crippen molar-refractivity contribution in [3.63, 3.8) is 0 Å². The number of nitrogens with zero attached hydrogens (tertiary/aromatic N) is 1. The fourth-order valence-corrected chi connectivity index (χ4v) is 9.83. The minimum atomic E-state index is -6.33. The lowest BCUT2D eigenvalue weighted by Crippen LogP contribution is -2.50. The third kappa shape index (κ3) is 4.15. The summed E-state index contributed by atoms with van der Waals surface area (Å²) >= 11 is 0. The van der Waals surface area contributed by atoms with Gasteiger partial charge in [0, 0.05) is 0 Å². The molecule has 0 aliphatic heterocycles. The van der Waals surface area contributed by atoms with Crippen LogP contribution in [-0.2, 0) is 38.8 Å². The van der Waals surface area contributed by atoms with Gasteiger partial charge in [-0.05, 0) is 68.6 Å². The van der Waals surface area contributed by atoms with E-state index in [9.17, 15) is 34.0 Å². The average Bonchev–Trinajstić information content (AvgIpc) is 3.08. The van der Waals surface area contributed by atoms with Gasteiger partial charge >= 0.3 is 14.7 Å². The Balaban J connectivity index is 1.47. The first-order valence-electron chi connectivity index (χ1n) is 10.0. The first-order valence-corrected chi connectivity index (χ1v) is 14.2. The Labute approximate surface area is 175 Å². The summed E-state index contributed by atoms with van der Waals surface area (Å²) in [6, 6.07) is 0. The zero-order valence-corrected chi connectivity index (χ0v) is 18.5. The van der Waals surface area contributed by atoms with Crippen molar-refractivity contribution < 1.29 is 42.4 Å². The summed E-state index contributed by atoms with van der Waals surface area (Å²) in [7, 11) is -17.6. The van der Waals surface area contributed by atoms with Crippen LogP contribution in [-0.4, -0.2) is 42.0 Å². The predicted octanol–water partition coefficient (Wildman–Crippen LogP) is 2.62. The molecule has 0 saturated heterocycles. The molecular weight excluding hydrogens is 468 g/mol. The Morgan fingerprint density at radius 2 is 1.27 bits per heavy atom. The van der Waals surface area contributed by atoms with Crippen molar-refractivity contribution in [2.75, 3.05) is 0 Å². The number of alkyl halides is 2. The topological polar surface area (TPSA) is 135 Å². The van der Waals surface area contributed by atoms with Gasteiger partial charge in [0.2, 0.25) is 10.3 Å². The van der Waals surface area contributed by atoms with E-state index >= 15 is 0 Å². The molecule has 174 valence electrons. The molecule has 4 bridgehead atoms. The van der Waals surface area contributed by atoms with Crippen LogP contribution in [0.3, 0.4) is 0 Å². The number of hydrogen-bond donors (Lipinski definition) is 0. The van der Waals surface area contributed by atoms with Gasteiger partial charge in [0.15, 0.2) is 10.0 Å². The molecule has 5 aliphatic carbocycles. The average molecular weight is 493 g/mol. The molecule has 0 aromatic carbocycles. The lowest BCUT2D eigenvalue weighted by Gasteiger charge is -2.53. The van der Waals surface area contributed by atoms with Crippen LogP contribution in [0, 0.1) is 23.7 Å². The molecule has 5 rings (SSSR count). The van der Waals surface area contributed by atoms with Gasteiger partial charge in [-0.15, -0.1) is 0 Å². The van der Waals surface area contributed by atoms with Crippen LogP contribution in [0.1, 0.15) is 57.8 Å². The van der Waals surface area contributed by atoms with E-state index in [1.807, 2.05) is 0 Å². The second-order valence-electron chi connectivity index (χ2n) is 8.89. The maximum absolute atomic E-state index is 14.3. The molecule has 0 aromatic heterocycles. The molecule has 0 atom stereocenters. The fraction of sp³-hybridized carbons (Fsp3) is 1.00. The van der Waals surface area contributed by atoms with Gasteiger partial charge < -0.3 is 4.13 Å². The molecule has 5 aliphatic rings. The van der Waals surface area contributed by atoms with Gasteiger partial charge in [0.1, 0.15) is 0 Å². The highest BCUT2D eigenvalue weighted by atomic mass is 32.3. The van der Waals surface area contributed by atoms with Crippen LogP contribution >= 0.6 is 0 Å². The molecule has 0 N–H and O–H groups in total. The van der Waals surface area contributed by atoms with Crippen molar-refractivity contribution in [3.8, 4) is 0 Å². The molecule has 0 aromatic rings. The SMILES string of the molecule is O=S(=O)([N-]S(=O)(=O)C(F)(F)S(=O)(=O)OC1CCCC1)OC1C2CC3CC(C2)CC1C3. The minimum Gasteiger partial charge on any atom is -0.405 e. The largest absolute Gasteiger partial charge is 0.454 e. The molecule has 5 fully saturated rings. The van der Waals surface area contributed by atoms with Crippen molar-refractivity contribution in [2.24, 2.45) is 23.7 Å². The molecule has 0 radical (unpaired) electrons. The molecule has 0 unspecified atom stereocenters. The Bertz CT molecular complexity index is 962. The highest BCUT2D eigenvalue weighted by molar-refractivity contribution is 8.17. The minimum absolute atomic E-state index is 0.108. The predicted molar refractivity (Wildman–Crippen MR) is 100 cm³/mol. The highest BCUT2D eigenvalue weighted by Gasteiger charge is 2.57. The molecule has 9 nitrogen and oxygen atoms in total. The quantitative estimate of drug-likeness (QED) is 0.472. The van der Waals surface area contributed by atoms with Crippen LogP contribution in [0.15, 0.2) is 0 Å². The molecular formula is C16H24F2NO8S3-. The third-order valence-electron chi connectivity index (χ3n) is 6.72. The molecule has 5 saturated carbocycles. The summed E-state index contributed by atoms with van der Waals surface area (Å²) in [6.07, 6.45) is 3.59. The molecule has 0 amide bonds. The fourth-order valence-electron chi connectivity index (χ4n) is 5.70. The van der Waals surface area contributed by atoms with Gasteiger partial charge in [-0.1, -0.05) is 12.8 Å². The summed E-state index contributed by atoms with van der Waals surface area (Å²) in [5.74, 6) is 0.726. The summed E-state index contributed by atoms with van der Waals surface area (Å²) in [4.78, 5) is 0. The van der Waals surface area contributed by atoms with E-state index in [1.54, 1.807) is 0 Å². The zero-order chi connectivity index (χ0) is 21.9. The van der Waals surface area contributed by atoms with Crippen molar-refractivity contribution in [1.29, 1.82) is 0 Å². The van der Waals surface area contributed by atoms with Crippen LogP contribution < -0.4 is 0 Å². The van der Waals surface area contributed by atoms with Gasteiger partial charge in [-0.3, -0.25) is 8.37 Å². The second-order valence-corrected chi connectivity index (χ2v) is 13.9. The van der Waals surface area contributed by atoms with E-state index in [4.69, 9.17) is 4.18 Å². The summed E-state index contributed by atoms with van der Waals surface area (Å²) in [5.41, 5.74) is 0. The van der Waals surface area contributed by atoms with Crippen LogP contribution in [0.4, 0.5) is 8.78 Å². The maximum atomic E-state index is 14.3. The molecule has 0 heterocycles. The third-order valence-corrected chi connectivity index (χ3v) is 11.7. The first-order chi connectivity index (χ1) is 13.8.